The summed E-state index contributed by atoms with van der Waals surface area (Å²) in [4.78, 5) is 6.71. The molecule has 156 valence electrons. The Kier molecular flexibility index (Phi) is 13.8. The predicted octanol–water partition coefficient (Wildman–Crippen LogP) is 0.979. The van der Waals surface area contributed by atoms with Gasteiger partial charge in [0.05, 0.1) is 18.5 Å². The van der Waals surface area contributed by atoms with Gasteiger partial charge >= 0.3 is 0 Å². The van der Waals surface area contributed by atoms with Crippen molar-refractivity contribution in [3.05, 3.63) is 0 Å². The highest BCUT2D eigenvalue weighted by atomic mass is 127. The Morgan fingerprint density at radius 3 is 2.38 bits per heavy atom. The molecule has 1 heterocycles. The lowest BCUT2D eigenvalue weighted by Gasteiger charge is -2.35. The highest BCUT2D eigenvalue weighted by molar-refractivity contribution is 14.0. The second-order valence-electron chi connectivity index (χ2n) is 6.20. The number of aliphatic imine (C=N–C) groups is 1. The smallest absolute Gasteiger partial charge is 0.216 e. The number of piperazine rings is 1. The van der Waals surface area contributed by atoms with E-state index in [2.05, 4.69) is 15.2 Å². The van der Waals surface area contributed by atoms with Gasteiger partial charge in [0.2, 0.25) is 10.0 Å². The highest BCUT2D eigenvalue weighted by Crippen LogP contribution is 2.09. The molecule has 26 heavy (non-hydrogen) atoms. The van der Waals surface area contributed by atoms with Gasteiger partial charge in [0.15, 0.2) is 5.96 Å². The summed E-state index contributed by atoms with van der Waals surface area (Å²) in [7, 11) is -1.58. The molecule has 0 spiro atoms. The molecule has 0 aromatic rings. The third-order valence-electron chi connectivity index (χ3n) is 3.83. The van der Waals surface area contributed by atoms with Crippen molar-refractivity contribution in [2.75, 3.05) is 65.3 Å². The number of methoxy groups -OCH3 is 1. The van der Waals surface area contributed by atoms with E-state index in [9.17, 15) is 8.42 Å². The zero-order valence-corrected chi connectivity index (χ0v) is 19.6. The third-order valence-corrected chi connectivity index (χ3v) is 5.66. The topological polar surface area (TPSA) is 83.5 Å². The van der Waals surface area contributed by atoms with Gasteiger partial charge in [0.1, 0.15) is 0 Å². The Labute approximate surface area is 175 Å². The first kappa shape index (κ1) is 25.8. The SMILES string of the molecule is CCNC(=NCCCOC)N1CCN(S(=O)(=O)CCOC(C)C)CC1.I. The van der Waals surface area contributed by atoms with Gasteiger partial charge in [-0.15, -0.1) is 24.0 Å². The molecule has 1 fully saturated rings. The lowest BCUT2D eigenvalue weighted by atomic mass is 10.4. The fraction of sp³-hybridized carbons (Fsp3) is 0.938. The van der Waals surface area contributed by atoms with Crippen LogP contribution in [0.4, 0.5) is 0 Å². The number of sulfonamides is 1. The van der Waals surface area contributed by atoms with Crippen molar-refractivity contribution in [3.63, 3.8) is 0 Å². The summed E-state index contributed by atoms with van der Waals surface area (Å²) >= 11 is 0. The maximum atomic E-state index is 12.4. The zero-order chi connectivity index (χ0) is 18.7. The standard InChI is InChI=1S/C16H34N4O4S.HI/c1-5-17-16(18-7-6-12-23-4)19-8-10-20(11-9-19)25(21,22)14-13-24-15(2)3;/h15H,5-14H2,1-4H3,(H,17,18);1H. The van der Waals surface area contributed by atoms with Crippen LogP contribution < -0.4 is 5.32 Å². The molecule has 1 N–H and O–H groups in total. The molecule has 0 aromatic heterocycles. The largest absolute Gasteiger partial charge is 0.385 e. The molecule has 0 aliphatic carbocycles. The van der Waals surface area contributed by atoms with Gasteiger partial charge in [-0.2, -0.15) is 4.31 Å². The number of nitrogens with one attached hydrogen (secondary N) is 1. The summed E-state index contributed by atoms with van der Waals surface area (Å²) in [5.41, 5.74) is 0. The quantitative estimate of drug-likeness (QED) is 0.206. The van der Waals surface area contributed by atoms with Crippen molar-refractivity contribution in [1.29, 1.82) is 0 Å². The minimum absolute atomic E-state index is 0. The van der Waals surface area contributed by atoms with Crippen LogP contribution in [-0.2, 0) is 19.5 Å². The van der Waals surface area contributed by atoms with E-state index in [1.807, 2.05) is 20.8 Å². The Hall–Kier alpha value is -0.170. The molecule has 0 unspecified atom stereocenters. The van der Waals surface area contributed by atoms with E-state index in [1.165, 1.54) is 0 Å². The predicted molar refractivity (Wildman–Crippen MR) is 116 cm³/mol. The number of halogens is 1. The summed E-state index contributed by atoms with van der Waals surface area (Å²) in [5.74, 6) is 0.884. The highest BCUT2D eigenvalue weighted by Gasteiger charge is 2.27. The molecule has 8 nitrogen and oxygen atoms in total. The van der Waals surface area contributed by atoms with Crippen LogP contribution in [0.25, 0.3) is 0 Å². The molecule has 0 atom stereocenters. The van der Waals surface area contributed by atoms with Crippen molar-refractivity contribution in [2.45, 2.75) is 33.3 Å². The molecular weight excluding hydrogens is 471 g/mol. The van der Waals surface area contributed by atoms with E-state index in [-0.39, 0.29) is 42.4 Å². The molecule has 1 saturated heterocycles. The van der Waals surface area contributed by atoms with E-state index < -0.39 is 10.0 Å². The average Bonchev–Trinajstić information content (AvgIpc) is 2.57. The van der Waals surface area contributed by atoms with Crippen LogP contribution in [0.15, 0.2) is 4.99 Å². The van der Waals surface area contributed by atoms with Crippen molar-refractivity contribution >= 4 is 40.0 Å². The molecule has 1 aliphatic rings. The lowest BCUT2D eigenvalue weighted by Crippen LogP contribution is -2.54. The van der Waals surface area contributed by atoms with Crippen molar-refractivity contribution in [3.8, 4) is 0 Å². The Morgan fingerprint density at radius 1 is 1.19 bits per heavy atom. The van der Waals surface area contributed by atoms with Gasteiger partial charge in [-0.25, -0.2) is 8.42 Å². The summed E-state index contributed by atoms with van der Waals surface area (Å²) in [6.45, 7) is 10.5. The maximum Gasteiger partial charge on any atom is 0.216 e. The second kappa shape index (κ2) is 13.9. The van der Waals surface area contributed by atoms with Gasteiger partial charge in [0, 0.05) is 53.0 Å². The molecule has 0 radical (unpaired) electrons. The fourth-order valence-electron chi connectivity index (χ4n) is 2.52. The second-order valence-corrected chi connectivity index (χ2v) is 8.29. The van der Waals surface area contributed by atoms with E-state index in [4.69, 9.17) is 9.47 Å². The molecule has 1 rings (SSSR count). The van der Waals surface area contributed by atoms with Crippen LogP contribution in [0, 0.1) is 0 Å². The molecule has 0 amide bonds. The summed E-state index contributed by atoms with van der Waals surface area (Å²) in [6, 6.07) is 0. The third kappa shape index (κ3) is 9.67. The summed E-state index contributed by atoms with van der Waals surface area (Å²) in [6.07, 6.45) is 0.916. The van der Waals surface area contributed by atoms with E-state index in [1.54, 1.807) is 11.4 Å². The van der Waals surface area contributed by atoms with Crippen molar-refractivity contribution in [2.24, 2.45) is 4.99 Å². The van der Waals surface area contributed by atoms with Gasteiger partial charge in [-0.1, -0.05) is 0 Å². The molecule has 1 aliphatic heterocycles. The molecule has 0 bridgehead atoms. The van der Waals surface area contributed by atoms with E-state index in [0.717, 1.165) is 18.9 Å². The number of hydrogen-bond acceptors (Lipinski definition) is 5. The number of ether oxygens (including phenoxy) is 2. The Morgan fingerprint density at radius 2 is 1.85 bits per heavy atom. The average molecular weight is 506 g/mol. The summed E-state index contributed by atoms with van der Waals surface area (Å²) in [5, 5.41) is 3.28. The zero-order valence-electron chi connectivity index (χ0n) is 16.4. The molecule has 0 aromatic carbocycles. The monoisotopic (exact) mass is 506 g/mol. The summed E-state index contributed by atoms with van der Waals surface area (Å²) < 4.78 is 36.7. The lowest BCUT2D eigenvalue weighted by molar-refractivity contribution is 0.0904. The van der Waals surface area contributed by atoms with Crippen LogP contribution in [0.5, 0.6) is 0 Å². The first-order valence-corrected chi connectivity index (χ1v) is 10.6. The minimum Gasteiger partial charge on any atom is -0.385 e. The normalized spacial score (nSPS) is 16.7. The van der Waals surface area contributed by atoms with Crippen LogP contribution in [0.1, 0.15) is 27.2 Å². The number of nitrogens with zero attached hydrogens (tertiary/aromatic N) is 3. The van der Waals surface area contributed by atoms with Crippen LogP contribution in [0.2, 0.25) is 0 Å². The van der Waals surface area contributed by atoms with E-state index >= 15 is 0 Å². The van der Waals surface area contributed by atoms with Crippen LogP contribution in [-0.4, -0.2) is 95.0 Å². The first-order chi connectivity index (χ1) is 11.9. The molecular formula is C16H35IN4O4S. The van der Waals surface area contributed by atoms with Gasteiger partial charge in [-0.05, 0) is 27.2 Å². The van der Waals surface area contributed by atoms with Crippen LogP contribution in [0.3, 0.4) is 0 Å². The molecule has 0 saturated carbocycles. The first-order valence-electron chi connectivity index (χ1n) is 9.02. The van der Waals surface area contributed by atoms with Crippen molar-refractivity contribution < 1.29 is 17.9 Å². The Balaban J connectivity index is 0.00000625. The minimum atomic E-state index is -3.26. The Bertz CT molecular complexity index is 494. The van der Waals surface area contributed by atoms with E-state index in [0.29, 0.717) is 39.3 Å². The molecule has 10 heteroatoms. The maximum absolute atomic E-state index is 12.4. The van der Waals surface area contributed by atoms with Gasteiger partial charge < -0.3 is 19.7 Å². The van der Waals surface area contributed by atoms with Crippen LogP contribution >= 0.6 is 24.0 Å². The van der Waals surface area contributed by atoms with Gasteiger partial charge in [0.25, 0.3) is 0 Å². The number of rotatable bonds is 10. The number of guanidine groups is 1. The number of hydrogen-bond donors (Lipinski definition) is 1. The van der Waals surface area contributed by atoms with Crippen molar-refractivity contribution in [1.82, 2.24) is 14.5 Å². The fourth-order valence-corrected chi connectivity index (χ4v) is 3.80. The van der Waals surface area contributed by atoms with Gasteiger partial charge in [-0.3, -0.25) is 4.99 Å².